The van der Waals surface area contributed by atoms with E-state index in [1.165, 1.54) is 32.8 Å². The summed E-state index contributed by atoms with van der Waals surface area (Å²) in [7, 11) is -1.42. The number of hydrogen-bond acceptors (Lipinski definition) is 4. The lowest BCUT2D eigenvalue weighted by Gasteiger charge is -2.27. The molecule has 1 aliphatic carbocycles. The second-order valence-corrected chi connectivity index (χ2v) is 7.37. The third-order valence-corrected chi connectivity index (χ3v) is 5.00. The van der Waals surface area contributed by atoms with Gasteiger partial charge in [-0.3, -0.25) is 0 Å². The van der Waals surface area contributed by atoms with Gasteiger partial charge in [-0.2, -0.15) is 0 Å². The van der Waals surface area contributed by atoms with Gasteiger partial charge < -0.3 is 10.1 Å². The van der Waals surface area contributed by atoms with Crippen LogP contribution >= 0.6 is 0 Å². The molecular formula is C12H25NO3S. The molecule has 0 aromatic carbocycles. The van der Waals surface area contributed by atoms with Gasteiger partial charge >= 0.3 is 0 Å². The highest BCUT2D eigenvalue weighted by Gasteiger charge is 2.19. The molecule has 1 rings (SSSR count). The van der Waals surface area contributed by atoms with Crippen LogP contribution in [0.1, 0.15) is 32.6 Å². The summed E-state index contributed by atoms with van der Waals surface area (Å²) in [5.41, 5.74) is 0. The largest absolute Gasteiger partial charge is 0.384 e. The van der Waals surface area contributed by atoms with Gasteiger partial charge in [-0.1, -0.05) is 19.8 Å². The second-order valence-electron chi connectivity index (χ2n) is 5.07. The molecule has 2 atom stereocenters. The van der Waals surface area contributed by atoms with Gasteiger partial charge in [0.05, 0.1) is 18.1 Å². The molecule has 0 bridgehead atoms. The van der Waals surface area contributed by atoms with Gasteiger partial charge in [-0.15, -0.1) is 0 Å². The molecular weight excluding hydrogens is 238 g/mol. The Bertz CT molecular complexity index is 303. The fraction of sp³-hybridized carbons (Fsp3) is 1.00. The Balaban J connectivity index is 2.18. The Hall–Kier alpha value is -0.130. The van der Waals surface area contributed by atoms with E-state index in [0.29, 0.717) is 19.2 Å². The average Bonchev–Trinajstić information content (AvgIpc) is 2.26. The molecule has 1 N–H and O–H groups in total. The Labute approximate surface area is 105 Å². The van der Waals surface area contributed by atoms with E-state index in [1.807, 2.05) is 0 Å². The zero-order valence-corrected chi connectivity index (χ0v) is 11.8. The molecule has 2 unspecified atom stereocenters. The van der Waals surface area contributed by atoms with Crippen molar-refractivity contribution in [2.45, 2.75) is 38.6 Å². The molecule has 1 aliphatic rings. The molecule has 0 radical (unpaired) electrons. The molecule has 0 aromatic rings. The van der Waals surface area contributed by atoms with Crippen molar-refractivity contribution in [3.8, 4) is 0 Å². The van der Waals surface area contributed by atoms with Crippen molar-refractivity contribution in [2.24, 2.45) is 5.92 Å². The molecule has 102 valence electrons. The summed E-state index contributed by atoms with van der Waals surface area (Å²) < 4.78 is 27.9. The van der Waals surface area contributed by atoms with E-state index in [-0.39, 0.29) is 11.5 Å². The SMILES string of the molecule is COCCS(=O)(=O)CCNC1CCCC(C)C1. The van der Waals surface area contributed by atoms with Crippen LogP contribution < -0.4 is 5.32 Å². The van der Waals surface area contributed by atoms with Crippen LogP contribution in [0.2, 0.25) is 0 Å². The van der Waals surface area contributed by atoms with Gasteiger partial charge in [0.1, 0.15) is 0 Å². The number of hydrogen-bond donors (Lipinski definition) is 1. The fourth-order valence-corrected chi connectivity index (χ4v) is 3.40. The van der Waals surface area contributed by atoms with E-state index < -0.39 is 9.84 Å². The van der Waals surface area contributed by atoms with E-state index in [2.05, 4.69) is 12.2 Å². The first-order chi connectivity index (χ1) is 8.03. The monoisotopic (exact) mass is 263 g/mol. The number of sulfone groups is 1. The highest BCUT2D eigenvalue weighted by molar-refractivity contribution is 7.91. The predicted molar refractivity (Wildman–Crippen MR) is 70.0 cm³/mol. The molecule has 5 heteroatoms. The molecule has 4 nitrogen and oxygen atoms in total. The van der Waals surface area contributed by atoms with E-state index in [9.17, 15) is 8.42 Å². The van der Waals surface area contributed by atoms with E-state index in [0.717, 1.165) is 5.92 Å². The summed E-state index contributed by atoms with van der Waals surface area (Å²) in [6, 6.07) is 0.511. The maximum absolute atomic E-state index is 11.6. The quantitative estimate of drug-likeness (QED) is 0.750. The Morgan fingerprint density at radius 1 is 1.29 bits per heavy atom. The summed E-state index contributed by atoms with van der Waals surface area (Å²) in [5, 5.41) is 3.36. The average molecular weight is 263 g/mol. The number of rotatable bonds is 7. The molecule has 0 amide bonds. The molecule has 0 heterocycles. The van der Waals surface area contributed by atoms with Gasteiger partial charge in [0.15, 0.2) is 9.84 Å². The summed E-state index contributed by atoms with van der Waals surface area (Å²) in [6.07, 6.45) is 4.93. The summed E-state index contributed by atoms with van der Waals surface area (Å²) >= 11 is 0. The Kier molecular flexibility index (Phi) is 6.44. The Morgan fingerprint density at radius 2 is 2.06 bits per heavy atom. The van der Waals surface area contributed by atoms with E-state index in [4.69, 9.17) is 4.74 Å². The summed E-state index contributed by atoms with van der Waals surface area (Å²) in [5.74, 6) is 1.12. The fourth-order valence-electron chi connectivity index (χ4n) is 2.35. The smallest absolute Gasteiger partial charge is 0.153 e. The minimum atomic E-state index is -2.95. The van der Waals surface area contributed by atoms with Crippen LogP contribution in [0.3, 0.4) is 0 Å². The first kappa shape index (κ1) is 14.9. The summed E-state index contributed by atoms with van der Waals surface area (Å²) in [4.78, 5) is 0. The summed E-state index contributed by atoms with van der Waals surface area (Å²) in [6.45, 7) is 3.13. The minimum absolute atomic E-state index is 0.131. The first-order valence-electron chi connectivity index (χ1n) is 6.46. The van der Waals surface area contributed by atoms with Crippen LogP contribution in [-0.4, -0.2) is 46.2 Å². The van der Waals surface area contributed by atoms with Gasteiger partial charge in [-0.25, -0.2) is 8.42 Å². The van der Waals surface area contributed by atoms with Crippen molar-refractivity contribution in [1.29, 1.82) is 0 Å². The number of methoxy groups -OCH3 is 1. The van der Waals surface area contributed by atoms with Crippen molar-refractivity contribution in [3.63, 3.8) is 0 Å². The number of ether oxygens (including phenoxy) is 1. The van der Waals surface area contributed by atoms with Crippen LogP contribution in [0.4, 0.5) is 0 Å². The Morgan fingerprint density at radius 3 is 2.71 bits per heavy atom. The van der Waals surface area contributed by atoms with Gasteiger partial charge in [0.2, 0.25) is 0 Å². The first-order valence-corrected chi connectivity index (χ1v) is 8.28. The van der Waals surface area contributed by atoms with Gasteiger partial charge in [0, 0.05) is 19.7 Å². The second kappa shape index (κ2) is 7.34. The lowest BCUT2D eigenvalue weighted by Crippen LogP contribution is -2.37. The van der Waals surface area contributed by atoms with Crippen LogP contribution in [0, 0.1) is 5.92 Å². The van der Waals surface area contributed by atoms with Crippen molar-refractivity contribution >= 4 is 9.84 Å². The lowest BCUT2D eigenvalue weighted by molar-refractivity contribution is 0.217. The van der Waals surface area contributed by atoms with Crippen molar-refractivity contribution < 1.29 is 13.2 Å². The highest BCUT2D eigenvalue weighted by Crippen LogP contribution is 2.23. The zero-order chi connectivity index (χ0) is 12.7. The molecule has 0 spiro atoms. The molecule has 0 aliphatic heterocycles. The molecule has 1 fully saturated rings. The highest BCUT2D eigenvalue weighted by atomic mass is 32.2. The third kappa shape index (κ3) is 6.38. The maximum Gasteiger partial charge on any atom is 0.153 e. The van der Waals surface area contributed by atoms with Gasteiger partial charge in [0.25, 0.3) is 0 Å². The molecule has 0 saturated heterocycles. The van der Waals surface area contributed by atoms with Crippen molar-refractivity contribution in [1.82, 2.24) is 5.32 Å². The topological polar surface area (TPSA) is 55.4 Å². The van der Waals surface area contributed by atoms with Crippen LogP contribution in [0.25, 0.3) is 0 Å². The lowest BCUT2D eigenvalue weighted by atomic mass is 9.87. The van der Waals surface area contributed by atoms with Crippen molar-refractivity contribution in [3.05, 3.63) is 0 Å². The maximum atomic E-state index is 11.6. The minimum Gasteiger partial charge on any atom is -0.384 e. The van der Waals surface area contributed by atoms with Crippen molar-refractivity contribution in [2.75, 3.05) is 31.8 Å². The van der Waals surface area contributed by atoms with Crippen LogP contribution in [-0.2, 0) is 14.6 Å². The number of nitrogens with one attached hydrogen (secondary N) is 1. The van der Waals surface area contributed by atoms with E-state index >= 15 is 0 Å². The standard InChI is InChI=1S/C12H25NO3S/c1-11-4-3-5-12(10-11)13-6-8-17(14,15)9-7-16-2/h11-13H,3-10H2,1-2H3. The van der Waals surface area contributed by atoms with Gasteiger partial charge in [-0.05, 0) is 18.8 Å². The van der Waals surface area contributed by atoms with E-state index in [1.54, 1.807) is 0 Å². The molecule has 1 saturated carbocycles. The normalized spacial score (nSPS) is 26.0. The molecule has 17 heavy (non-hydrogen) atoms. The third-order valence-electron chi connectivity index (χ3n) is 3.38. The molecule has 0 aromatic heterocycles. The van der Waals surface area contributed by atoms with Crippen LogP contribution in [0.5, 0.6) is 0 Å². The predicted octanol–water partition coefficient (Wildman–Crippen LogP) is 1.22. The van der Waals surface area contributed by atoms with Crippen LogP contribution in [0.15, 0.2) is 0 Å². The zero-order valence-electron chi connectivity index (χ0n) is 10.9.